The first-order valence-corrected chi connectivity index (χ1v) is 11.7. The Labute approximate surface area is 193 Å². The Morgan fingerprint density at radius 3 is 2.15 bits per heavy atom. The van der Waals surface area contributed by atoms with Crippen LogP contribution in [0.3, 0.4) is 0 Å². The molecule has 3 nitrogen and oxygen atoms in total. The molecule has 0 unspecified atom stereocenters. The molecule has 0 radical (unpaired) electrons. The molecular formula is C30H27N3. The summed E-state index contributed by atoms with van der Waals surface area (Å²) in [4.78, 5) is 9.64. The van der Waals surface area contributed by atoms with E-state index in [1.807, 2.05) is 12.3 Å². The molecule has 3 aromatic heterocycles. The maximum atomic E-state index is 5.00. The Morgan fingerprint density at radius 1 is 0.697 bits per heavy atom. The summed E-state index contributed by atoms with van der Waals surface area (Å²) in [5, 5.41) is 4.73. The van der Waals surface area contributed by atoms with Gasteiger partial charge in [0.2, 0.25) is 0 Å². The predicted molar refractivity (Wildman–Crippen MR) is 139 cm³/mol. The van der Waals surface area contributed by atoms with Crippen molar-refractivity contribution in [1.29, 1.82) is 0 Å². The third-order valence-corrected chi connectivity index (χ3v) is 6.81. The van der Waals surface area contributed by atoms with Gasteiger partial charge in [-0.05, 0) is 46.5 Å². The lowest BCUT2D eigenvalue weighted by atomic mass is 9.87. The minimum absolute atomic E-state index is 0.418. The molecule has 0 bridgehead atoms. The minimum atomic E-state index is 0.418. The van der Waals surface area contributed by atoms with Gasteiger partial charge in [0.15, 0.2) is 0 Å². The molecular weight excluding hydrogens is 402 g/mol. The number of imidazole rings is 1. The molecule has 33 heavy (non-hydrogen) atoms. The van der Waals surface area contributed by atoms with E-state index < -0.39 is 0 Å². The number of hydrogen-bond acceptors (Lipinski definition) is 2. The van der Waals surface area contributed by atoms with Gasteiger partial charge in [0.05, 0.1) is 22.9 Å². The van der Waals surface area contributed by atoms with Crippen LogP contribution in [0.4, 0.5) is 0 Å². The van der Waals surface area contributed by atoms with Crippen LogP contribution in [-0.4, -0.2) is 14.4 Å². The predicted octanol–water partition coefficient (Wildman–Crippen LogP) is 8.10. The average Bonchev–Trinajstić information content (AvgIpc) is 3.28. The van der Waals surface area contributed by atoms with Gasteiger partial charge in [-0.25, -0.2) is 4.98 Å². The van der Waals surface area contributed by atoms with E-state index in [1.165, 1.54) is 38.4 Å². The Balaban J connectivity index is 1.86. The van der Waals surface area contributed by atoms with Crippen LogP contribution in [0.5, 0.6) is 0 Å². The van der Waals surface area contributed by atoms with Crippen molar-refractivity contribution in [2.24, 2.45) is 0 Å². The summed E-state index contributed by atoms with van der Waals surface area (Å²) in [5.41, 5.74) is 8.41. The van der Waals surface area contributed by atoms with Crippen molar-refractivity contribution in [1.82, 2.24) is 14.4 Å². The van der Waals surface area contributed by atoms with E-state index in [1.54, 1.807) is 0 Å². The van der Waals surface area contributed by atoms with E-state index in [-0.39, 0.29) is 0 Å². The van der Waals surface area contributed by atoms with Crippen LogP contribution in [0.2, 0.25) is 0 Å². The van der Waals surface area contributed by atoms with Crippen LogP contribution in [0.25, 0.3) is 49.5 Å². The average molecular weight is 430 g/mol. The molecule has 0 N–H and O–H groups in total. The lowest BCUT2D eigenvalue weighted by molar-refractivity contribution is 0.836. The van der Waals surface area contributed by atoms with Gasteiger partial charge >= 0.3 is 0 Å². The summed E-state index contributed by atoms with van der Waals surface area (Å²) in [6.07, 6.45) is 3.94. The van der Waals surface area contributed by atoms with Crippen molar-refractivity contribution in [3.63, 3.8) is 0 Å². The number of rotatable bonds is 3. The van der Waals surface area contributed by atoms with Gasteiger partial charge in [-0.1, -0.05) is 76.2 Å². The smallest absolute Gasteiger partial charge is 0.145 e. The summed E-state index contributed by atoms with van der Waals surface area (Å²) in [6, 6.07) is 24.0. The Kier molecular flexibility index (Phi) is 4.48. The molecule has 6 rings (SSSR count). The second-order valence-corrected chi connectivity index (χ2v) is 9.53. The molecule has 0 aliphatic heterocycles. The topological polar surface area (TPSA) is 30.2 Å². The van der Waals surface area contributed by atoms with Crippen molar-refractivity contribution < 1.29 is 0 Å². The normalized spacial score (nSPS) is 12.2. The molecule has 0 fully saturated rings. The van der Waals surface area contributed by atoms with E-state index in [9.17, 15) is 0 Å². The molecule has 0 atom stereocenters. The maximum Gasteiger partial charge on any atom is 0.145 e. The van der Waals surface area contributed by atoms with E-state index in [2.05, 4.69) is 104 Å². The van der Waals surface area contributed by atoms with Gasteiger partial charge in [0, 0.05) is 27.9 Å². The van der Waals surface area contributed by atoms with Crippen LogP contribution < -0.4 is 0 Å². The van der Waals surface area contributed by atoms with Gasteiger partial charge in [-0.3, -0.25) is 9.38 Å². The highest BCUT2D eigenvalue weighted by Gasteiger charge is 2.21. The summed E-state index contributed by atoms with van der Waals surface area (Å²) < 4.78 is 2.37. The van der Waals surface area contributed by atoms with Crippen molar-refractivity contribution in [2.75, 3.05) is 0 Å². The lowest BCUT2D eigenvalue weighted by Crippen LogP contribution is -2.02. The number of nitrogens with zero attached hydrogens (tertiary/aromatic N) is 3. The van der Waals surface area contributed by atoms with Gasteiger partial charge < -0.3 is 0 Å². The fraction of sp³-hybridized carbons (Fsp3) is 0.200. The highest BCUT2D eigenvalue weighted by molar-refractivity contribution is 6.15. The molecule has 3 aromatic carbocycles. The Hall–Kier alpha value is -3.72. The molecule has 0 saturated heterocycles. The number of fused-ring (bicyclic) bond motifs is 7. The zero-order valence-electron chi connectivity index (χ0n) is 19.5. The zero-order chi connectivity index (χ0) is 22.7. The Bertz CT molecular complexity index is 1650. The fourth-order valence-corrected chi connectivity index (χ4v) is 5.23. The Morgan fingerprint density at radius 2 is 1.42 bits per heavy atom. The van der Waals surface area contributed by atoms with E-state index in [0.717, 1.165) is 22.2 Å². The van der Waals surface area contributed by atoms with Crippen LogP contribution in [0, 0.1) is 0 Å². The molecule has 3 heterocycles. The van der Waals surface area contributed by atoms with Crippen molar-refractivity contribution in [3.05, 3.63) is 90.3 Å². The van der Waals surface area contributed by atoms with Crippen LogP contribution in [0.15, 0.2) is 79.1 Å². The largest absolute Gasteiger partial charge is 0.292 e. The molecule has 0 aliphatic carbocycles. The molecule has 3 heteroatoms. The van der Waals surface area contributed by atoms with Crippen molar-refractivity contribution >= 4 is 38.2 Å². The lowest BCUT2D eigenvalue weighted by Gasteiger charge is -2.20. The standard InChI is InChI=1S/C30H27N3/c1-18(2)21-12-7-13-22(19(3)4)29(21)28-17-32-30-24-11-6-5-10-23(24)25-16-26-20(9-8-14-31-26)15-27(25)33(28)30/h5-19H,1-4H3. The first-order chi connectivity index (χ1) is 16.0. The first-order valence-electron chi connectivity index (χ1n) is 11.7. The third kappa shape index (κ3) is 2.96. The molecule has 6 aromatic rings. The fourth-order valence-electron chi connectivity index (χ4n) is 5.23. The summed E-state index contributed by atoms with van der Waals surface area (Å²) >= 11 is 0. The highest BCUT2D eigenvalue weighted by atomic mass is 15.0. The second-order valence-electron chi connectivity index (χ2n) is 9.53. The number of benzene rings is 3. The SMILES string of the molecule is CC(C)c1cccc(C(C)C)c1-c1cnc2c3ccccc3c3cc4ncccc4cc3n12. The van der Waals surface area contributed by atoms with Crippen LogP contribution >= 0.6 is 0 Å². The number of aromatic nitrogens is 3. The van der Waals surface area contributed by atoms with Crippen molar-refractivity contribution in [2.45, 2.75) is 39.5 Å². The van der Waals surface area contributed by atoms with Gasteiger partial charge in [0.1, 0.15) is 5.65 Å². The zero-order valence-corrected chi connectivity index (χ0v) is 19.5. The molecule has 0 spiro atoms. The second kappa shape index (κ2) is 7.41. The van der Waals surface area contributed by atoms with Gasteiger partial charge in [-0.15, -0.1) is 0 Å². The van der Waals surface area contributed by atoms with Crippen LogP contribution in [-0.2, 0) is 0 Å². The number of pyridine rings is 2. The summed E-state index contributed by atoms with van der Waals surface area (Å²) in [6.45, 7) is 9.11. The van der Waals surface area contributed by atoms with E-state index in [4.69, 9.17) is 4.98 Å². The number of hydrogen-bond donors (Lipinski definition) is 0. The molecule has 0 saturated carbocycles. The summed E-state index contributed by atoms with van der Waals surface area (Å²) in [7, 11) is 0. The highest BCUT2D eigenvalue weighted by Crippen LogP contribution is 2.40. The van der Waals surface area contributed by atoms with Crippen LogP contribution in [0.1, 0.15) is 50.7 Å². The monoisotopic (exact) mass is 429 g/mol. The molecule has 0 aliphatic rings. The maximum absolute atomic E-state index is 5.00. The van der Waals surface area contributed by atoms with Gasteiger partial charge in [-0.2, -0.15) is 0 Å². The third-order valence-electron chi connectivity index (χ3n) is 6.81. The summed E-state index contributed by atoms with van der Waals surface area (Å²) in [5.74, 6) is 0.835. The minimum Gasteiger partial charge on any atom is -0.292 e. The molecule has 0 amide bonds. The van der Waals surface area contributed by atoms with Crippen molar-refractivity contribution in [3.8, 4) is 11.3 Å². The first kappa shape index (κ1) is 19.9. The van der Waals surface area contributed by atoms with Gasteiger partial charge in [0.25, 0.3) is 0 Å². The quantitative estimate of drug-likeness (QED) is 0.210. The van der Waals surface area contributed by atoms with E-state index >= 15 is 0 Å². The van der Waals surface area contributed by atoms with E-state index in [0.29, 0.717) is 11.8 Å². The molecule has 162 valence electrons.